The molecular weight excluding hydrogens is 322 g/mol. The van der Waals surface area contributed by atoms with E-state index in [-0.39, 0.29) is 11.7 Å². The van der Waals surface area contributed by atoms with Gasteiger partial charge in [0.05, 0.1) is 5.75 Å². The molecule has 0 saturated heterocycles. The number of nitrogens with one attached hydrogen (secondary N) is 1. The Morgan fingerprint density at radius 3 is 2.71 bits per heavy atom. The van der Waals surface area contributed by atoms with E-state index in [1.54, 1.807) is 12.4 Å². The summed E-state index contributed by atoms with van der Waals surface area (Å²) in [6.07, 6.45) is 3.48. The van der Waals surface area contributed by atoms with Crippen molar-refractivity contribution < 1.29 is 4.79 Å². The van der Waals surface area contributed by atoms with Crippen LogP contribution in [0.3, 0.4) is 0 Å². The average molecular weight is 339 g/mol. The Balaban J connectivity index is 1.67. The van der Waals surface area contributed by atoms with Crippen molar-refractivity contribution in [2.24, 2.45) is 0 Å². The van der Waals surface area contributed by atoms with E-state index >= 15 is 0 Å². The Bertz CT molecular complexity index is 804. The number of benzene rings is 1. The van der Waals surface area contributed by atoms with Crippen molar-refractivity contribution in [2.75, 3.05) is 11.1 Å². The minimum absolute atomic E-state index is 0.0696. The summed E-state index contributed by atoms with van der Waals surface area (Å²) in [6.45, 7) is 2.75. The number of pyridine rings is 1. The van der Waals surface area contributed by atoms with Gasteiger partial charge in [-0.15, -0.1) is 10.2 Å². The molecular formula is C17H17N5OS. The van der Waals surface area contributed by atoms with Crippen LogP contribution in [0.15, 0.2) is 60.0 Å². The van der Waals surface area contributed by atoms with Gasteiger partial charge in [0, 0.05) is 30.2 Å². The van der Waals surface area contributed by atoms with E-state index in [0.717, 1.165) is 28.8 Å². The molecule has 0 saturated carbocycles. The molecule has 6 nitrogen and oxygen atoms in total. The van der Waals surface area contributed by atoms with E-state index in [4.69, 9.17) is 0 Å². The van der Waals surface area contributed by atoms with Crippen molar-refractivity contribution in [2.45, 2.75) is 18.6 Å². The fourth-order valence-electron chi connectivity index (χ4n) is 2.24. The molecule has 3 aromatic rings. The molecule has 122 valence electrons. The third kappa shape index (κ3) is 3.80. The molecule has 0 bridgehead atoms. The quantitative estimate of drug-likeness (QED) is 0.699. The number of rotatable bonds is 6. The second-order valence-corrected chi connectivity index (χ2v) is 5.94. The van der Waals surface area contributed by atoms with Gasteiger partial charge in [0.15, 0.2) is 11.0 Å². The Hall–Kier alpha value is -2.67. The van der Waals surface area contributed by atoms with Gasteiger partial charge in [0.2, 0.25) is 5.91 Å². The van der Waals surface area contributed by atoms with Gasteiger partial charge in [0.1, 0.15) is 0 Å². The van der Waals surface area contributed by atoms with Crippen LogP contribution in [0.25, 0.3) is 11.4 Å². The van der Waals surface area contributed by atoms with Crippen LogP contribution in [-0.2, 0) is 11.3 Å². The number of hydrogen-bond donors (Lipinski definition) is 1. The highest BCUT2D eigenvalue weighted by Gasteiger charge is 2.14. The molecule has 3 rings (SSSR count). The number of carbonyl (C=O) groups is 1. The Morgan fingerprint density at radius 2 is 2.00 bits per heavy atom. The van der Waals surface area contributed by atoms with Gasteiger partial charge in [0.25, 0.3) is 0 Å². The fourth-order valence-corrected chi connectivity index (χ4v) is 3.04. The summed E-state index contributed by atoms with van der Waals surface area (Å²) in [4.78, 5) is 16.2. The zero-order valence-corrected chi connectivity index (χ0v) is 14.0. The van der Waals surface area contributed by atoms with Crippen LogP contribution in [0.1, 0.15) is 6.92 Å². The summed E-state index contributed by atoms with van der Waals surface area (Å²) in [6, 6.07) is 13.2. The minimum atomic E-state index is -0.0696. The summed E-state index contributed by atoms with van der Waals surface area (Å²) in [7, 11) is 0. The summed E-state index contributed by atoms with van der Waals surface area (Å²) in [5.41, 5.74) is 1.70. The van der Waals surface area contributed by atoms with Crippen molar-refractivity contribution in [1.82, 2.24) is 19.7 Å². The lowest BCUT2D eigenvalue weighted by Crippen LogP contribution is -2.14. The zero-order valence-electron chi connectivity index (χ0n) is 13.2. The van der Waals surface area contributed by atoms with Gasteiger partial charge in [-0.1, -0.05) is 30.0 Å². The molecule has 0 aliphatic heterocycles. The Labute approximate surface area is 144 Å². The molecule has 1 aromatic carbocycles. The first-order valence-corrected chi connectivity index (χ1v) is 8.57. The maximum atomic E-state index is 12.1. The van der Waals surface area contributed by atoms with Crippen molar-refractivity contribution in [3.05, 3.63) is 54.9 Å². The lowest BCUT2D eigenvalue weighted by Gasteiger charge is -2.07. The van der Waals surface area contributed by atoms with E-state index in [1.807, 2.05) is 54.0 Å². The van der Waals surface area contributed by atoms with Gasteiger partial charge in [-0.2, -0.15) is 0 Å². The topological polar surface area (TPSA) is 72.7 Å². The maximum absolute atomic E-state index is 12.1. The highest BCUT2D eigenvalue weighted by atomic mass is 32.2. The van der Waals surface area contributed by atoms with Crippen molar-refractivity contribution in [3.63, 3.8) is 0 Å². The van der Waals surface area contributed by atoms with Crippen molar-refractivity contribution >= 4 is 23.4 Å². The third-order valence-electron chi connectivity index (χ3n) is 3.34. The first kappa shape index (κ1) is 16.2. The van der Waals surface area contributed by atoms with E-state index in [2.05, 4.69) is 20.5 Å². The molecule has 0 fully saturated rings. The number of hydrogen-bond acceptors (Lipinski definition) is 5. The monoisotopic (exact) mass is 339 g/mol. The van der Waals surface area contributed by atoms with Crippen molar-refractivity contribution in [3.8, 4) is 11.4 Å². The number of anilines is 1. The summed E-state index contributed by atoms with van der Waals surface area (Å²) in [5, 5.41) is 12.0. The molecule has 0 atom stereocenters. The normalized spacial score (nSPS) is 10.5. The number of aromatic nitrogens is 4. The van der Waals surface area contributed by atoms with Gasteiger partial charge in [-0.05, 0) is 31.2 Å². The molecule has 7 heteroatoms. The SMILES string of the molecule is CCn1c(SCC(=O)Nc2ccccc2)nnc1-c1cccnc1. The van der Waals surface area contributed by atoms with Gasteiger partial charge >= 0.3 is 0 Å². The van der Waals surface area contributed by atoms with Crippen LogP contribution in [0.2, 0.25) is 0 Å². The second kappa shape index (κ2) is 7.74. The summed E-state index contributed by atoms with van der Waals surface area (Å²) < 4.78 is 1.98. The average Bonchev–Trinajstić information content (AvgIpc) is 3.04. The van der Waals surface area contributed by atoms with Gasteiger partial charge in [-0.25, -0.2) is 0 Å². The smallest absolute Gasteiger partial charge is 0.234 e. The van der Waals surface area contributed by atoms with E-state index in [1.165, 1.54) is 11.8 Å². The number of nitrogens with zero attached hydrogens (tertiary/aromatic N) is 4. The highest BCUT2D eigenvalue weighted by molar-refractivity contribution is 7.99. The van der Waals surface area contributed by atoms with Gasteiger partial charge in [-0.3, -0.25) is 9.78 Å². The largest absolute Gasteiger partial charge is 0.325 e. The molecule has 24 heavy (non-hydrogen) atoms. The number of carbonyl (C=O) groups excluding carboxylic acids is 1. The predicted molar refractivity (Wildman–Crippen MR) is 94.7 cm³/mol. The molecule has 0 aliphatic rings. The maximum Gasteiger partial charge on any atom is 0.234 e. The molecule has 0 aliphatic carbocycles. The first-order chi connectivity index (χ1) is 11.8. The van der Waals surface area contributed by atoms with Crippen LogP contribution in [0.5, 0.6) is 0 Å². The number of amides is 1. The molecule has 0 radical (unpaired) electrons. The second-order valence-electron chi connectivity index (χ2n) is 5.00. The fraction of sp³-hybridized carbons (Fsp3) is 0.176. The van der Waals surface area contributed by atoms with E-state index in [9.17, 15) is 4.79 Å². The molecule has 1 amide bonds. The van der Waals surface area contributed by atoms with Crippen LogP contribution in [-0.4, -0.2) is 31.4 Å². The summed E-state index contributed by atoms with van der Waals surface area (Å²) in [5.74, 6) is 0.969. The highest BCUT2D eigenvalue weighted by Crippen LogP contribution is 2.23. The lowest BCUT2D eigenvalue weighted by molar-refractivity contribution is -0.113. The van der Waals surface area contributed by atoms with Crippen molar-refractivity contribution in [1.29, 1.82) is 0 Å². The molecule has 2 heterocycles. The molecule has 1 N–H and O–H groups in total. The standard InChI is InChI=1S/C17H17N5OS/c1-2-22-16(13-7-6-10-18-11-13)20-21-17(22)24-12-15(23)19-14-8-4-3-5-9-14/h3-11H,2,12H2,1H3,(H,19,23). The Kier molecular flexibility index (Phi) is 5.22. The van der Waals surface area contributed by atoms with Gasteiger partial charge < -0.3 is 9.88 Å². The van der Waals surface area contributed by atoms with Crippen LogP contribution >= 0.6 is 11.8 Å². The molecule has 0 unspecified atom stereocenters. The van der Waals surface area contributed by atoms with E-state index < -0.39 is 0 Å². The number of para-hydroxylation sites is 1. The van der Waals surface area contributed by atoms with Crippen LogP contribution < -0.4 is 5.32 Å². The summed E-state index contributed by atoms with van der Waals surface area (Å²) >= 11 is 1.37. The number of thioether (sulfide) groups is 1. The lowest BCUT2D eigenvalue weighted by atomic mass is 10.3. The Morgan fingerprint density at radius 1 is 1.17 bits per heavy atom. The van der Waals surface area contributed by atoms with Crippen LogP contribution in [0.4, 0.5) is 5.69 Å². The molecule has 2 aromatic heterocycles. The molecule has 0 spiro atoms. The minimum Gasteiger partial charge on any atom is -0.325 e. The third-order valence-corrected chi connectivity index (χ3v) is 4.31. The first-order valence-electron chi connectivity index (χ1n) is 7.59. The predicted octanol–water partition coefficient (Wildman–Crippen LogP) is 3.09. The van der Waals surface area contributed by atoms with E-state index in [0.29, 0.717) is 0 Å². The van der Waals surface area contributed by atoms with Crippen LogP contribution in [0, 0.1) is 0 Å². The zero-order chi connectivity index (χ0) is 16.8.